The van der Waals surface area contributed by atoms with Crippen molar-refractivity contribution in [3.63, 3.8) is 0 Å². The van der Waals surface area contributed by atoms with Crippen LogP contribution in [0.1, 0.15) is 32.1 Å². The zero-order chi connectivity index (χ0) is 15.2. The van der Waals surface area contributed by atoms with Crippen molar-refractivity contribution in [3.8, 4) is 0 Å². The van der Waals surface area contributed by atoms with E-state index in [1.54, 1.807) is 11.9 Å². The summed E-state index contributed by atoms with van der Waals surface area (Å²) in [6, 6.07) is 0.447. The van der Waals surface area contributed by atoms with E-state index in [0.717, 1.165) is 25.7 Å². The molecule has 3 aliphatic rings. The molecule has 0 aromatic rings. The maximum Gasteiger partial charge on any atom is 0.236 e. The van der Waals surface area contributed by atoms with Gasteiger partial charge in [0.25, 0.3) is 0 Å². The standard InChI is InChI=1S/C14H24N2O4S/c1-15(12-4-5-21(19,20)9-12)14(18)8-16-10-2-3-11(16)7-13(17)6-10/h10-13,17H,2-9H2,1H3. The van der Waals surface area contributed by atoms with E-state index in [1.165, 1.54) is 0 Å². The zero-order valence-corrected chi connectivity index (χ0v) is 13.3. The molecule has 3 aliphatic heterocycles. The number of sulfone groups is 1. The molecule has 3 unspecified atom stereocenters. The smallest absolute Gasteiger partial charge is 0.236 e. The van der Waals surface area contributed by atoms with E-state index in [0.29, 0.717) is 25.0 Å². The summed E-state index contributed by atoms with van der Waals surface area (Å²) < 4.78 is 23.1. The molecular weight excluding hydrogens is 292 g/mol. The minimum absolute atomic E-state index is 0.00499. The fourth-order valence-electron chi connectivity index (χ4n) is 4.06. The van der Waals surface area contributed by atoms with Gasteiger partial charge in [0.15, 0.2) is 9.84 Å². The van der Waals surface area contributed by atoms with E-state index in [-0.39, 0.29) is 29.6 Å². The molecule has 3 saturated heterocycles. The van der Waals surface area contributed by atoms with Crippen molar-refractivity contribution in [3.05, 3.63) is 0 Å². The van der Waals surface area contributed by atoms with Crippen molar-refractivity contribution in [1.29, 1.82) is 0 Å². The largest absolute Gasteiger partial charge is 0.393 e. The van der Waals surface area contributed by atoms with Crippen LogP contribution in [0.4, 0.5) is 0 Å². The molecule has 3 heterocycles. The topological polar surface area (TPSA) is 77.9 Å². The van der Waals surface area contributed by atoms with Gasteiger partial charge in [0.05, 0.1) is 24.2 Å². The normalized spacial score (nSPS) is 38.6. The van der Waals surface area contributed by atoms with Crippen LogP contribution in [-0.4, -0.2) is 78.6 Å². The second-order valence-corrected chi connectivity index (χ2v) is 8.97. The number of nitrogens with zero attached hydrogens (tertiary/aromatic N) is 2. The van der Waals surface area contributed by atoms with Crippen molar-refractivity contribution < 1.29 is 18.3 Å². The maximum absolute atomic E-state index is 12.4. The molecule has 2 bridgehead atoms. The molecule has 21 heavy (non-hydrogen) atoms. The highest BCUT2D eigenvalue weighted by Crippen LogP contribution is 2.35. The molecule has 3 rings (SSSR count). The molecule has 0 aromatic carbocycles. The van der Waals surface area contributed by atoms with E-state index in [9.17, 15) is 18.3 Å². The number of piperidine rings is 1. The van der Waals surface area contributed by atoms with Crippen molar-refractivity contribution in [2.24, 2.45) is 0 Å². The number of hydrogen-bond acceptors (Lipinski definition) is 5. The predicted molar refractivity (Wildman–Crippen MR) is 78.6 cm³/mol. The zero-order valence-electron chi connectivity index (χ0n) is 12.4. The highest BCUT2D eigenvalue weighted by molar-refractivity contribution is 7.91. The summed E-state index contributed by atoms with van der Waals surface area (Å²) in [5.41, 5.74) is 0. The molecule has 7 heteroatoms. The van der Waals surface area contributed by atoms with Gasteiger partial charge in [-0.1, -0.05) is 0 Å². The number of rotatable bonds is 3. The molecule has 0 saturated carbocycles. The Labute approximate surface area is 126 Å². The third kappa shape index (κ3) is 3.10. The molecule has 3 fully saturated rings. The Morgan fingerprint density at radius 3 is 2.38 bits per heavy atom. The minimum Gasteiger partial charge on any atom is -0.393 e. The molecule has 0 spiro atoms. The number of aliphatic hydroxyl groups is 1. The molecule has 3 atom stereocenters. The predicted octanol–water partition coefficient (Wildman–Crippen LogP) is -0.380. The lowest BCUT2D eigenvalue weighted by Gasteiger charge is -2.38. The summed E-state index contributed by atoms with van der Waals surface area (Å²) in [6.07, 6.45) is 3.94. The van der Waals surface area contributed by atoms with Crippen LogP contribution in [0.25, 0.3) is 0 Å². The van der Waals surface area contributed by atoms with E-state index >= 15 is 0 Å². The number of aliphatic hydroxyl groups excluding tert-OH is 1. The molecule has 6 nitrogen and oxygen atoms in total. The Bertz CT molecular complexity index is 507. The van der Waals surface area contributed by atoms with Gasteiger partial charge in [-0.2, -0.15) is 0 Å². The number of hydrogen-bond donors (Lipinski definition) is 1. The highest BCUT2D eigenvalue weighted by Gasteiger charge is 2.42. The number of amides is 1. The second-order valence-electron chi connectivity index (χ2n) is 6.74. The van der Waals surface area contributed by atoms with Crippen LogP contribution >= 0.6 is 0 Å². The fourth-order valence-corrected chi connectivity index (χ4v) is 5.83. The minimum atomic E-state index is -2.96. The summed E-state index contributed by atoms with van der Waals surface area (Å²) >= 11 is 0. The van der Waals surface area contributed by atoms with Crippen molar-refractivity contribution in [2.45, 2.75) is 56.3 Å². The fraction of sp³-hybridized carbons (Fsp3) is 0.929. The van der Waals surface area contributed by atoms with Gasteiger partial charge in [-0.15, -0.1) is 0 Å². The van der Waals surface area contributed by atoms with Gasteiger partial charge in [0, 0.05) is 25.2 Å². The Morgan fingerprint density at radius 1 is 1.24 bits per heavy atom. The lowest BCUT2D eigenvalue weighted by molar-refractivity contribution is -0.134. The molecule has 0 aromatic heterocycles. The molecule has 0 radical (unpaired) electrons. The summed E-state index contributed by atoms with van der Waals surface area (Å²) in [5, 5.41) is 9.79. The van der Waals surface area contributed by atoms with Gasteiger partial charge in [0.2, 0.25) is 5.91 Å². The van der Waals surface area contributed by atoms with Gasteiger partial charge in [-0.05, 0) is 32.1 Å². The van der Waals surface area contributed by atoms with E-state index in [2.05, 4.69) is 4.90 Å². The number of fused-ring (bicyclic) bond motifs is 2. The van der Waals surface area contributed by atoms with E-state index in [1.807, 2.05) is 0 Å². The highest BCUT2D eigenvalue weighted by atomic mass is 32.2. The van der Waals surface area contributed by atoms with Gasteiger partial charge < -0.3 is 10.0 Å². The van der Waals surface area contributed by atoms with Crippen LogP contribution in [0, 0.1) is 0 Å². The Kier molecular flexibility index (Phi) is 4.00. The van der Waals surface area contributed by atoms with Crippen LogP contribution in [-0.2, 0) is 14.6 Å². The van der Waals surface area contributed by atoms with Crippen LogP contribution < -0.4 is 0 Å². The number of carbonyl (C=O) groups excluding carboxylic acids is 1. The number of carbonyl (C=O) groups is 1. The van der Waals surface area contributed by atoms with Crippen LogP contribution in [0.5, 0.6) is 0 Å². The average Bonchev–Trinajstić information content (AvgIpc) is 2.87. The monoisotopic (exact) mass is 316 g/mol. The first-order valence-electron chi connectivity index (χ1n) is 7.75. The SMILES string of the molecule is CN(C(=O)CN1C2CCC1CC(O)C2)C1CCS(=O)(=O)C1. The van der Waals surface area contributed by atoms with Crippen LogP contribution in [0.3, 0.4) is 0 Å². The van der Waals surface area contributed by atoms with Crippen molar-refractivity contribution in [1.82, 2.24) is 9.80 Å². The third-order valence-electron chi connectivity index (χ3n) is 5.33. The molecule has 1 N–H and O–H groups in total. The first-order chi connectivity index (χ1) is 9.85. The average molecular weight is 316 g/mol. The third-order valence-corrected chi connectivity index (χ3v) is 7.08. The second kappa shape index (κ2) is 5.52. The number of likely N-dealkylation sites (N-methyl/N-ethyl adjacent to an activating group) is 1. The lowest BCUT2D eigenvalue weighted by atomic mass is 10.00. The molecule has 1 amide bonds. The first-order valence-corrected chi connectivity index (χ1v) is 9.58. The molecule has 0 aliphatic carbocycles. The summed E-state index contributed by atoms with van der Waals surface area (Å²) in [7, 11) is -1.25. The summed E-state index contributed by atoms with van der Waals surface area (Å²) in [4.78, 5) is 16.3. The van der Waals surface area contributed by atoms with Crippen LogP contribution in [0.2, 0.25) is 0 Å². The molecule has 120 valence electrons. The lowest BCUT2D eigenvalue weighted by Crippen LogP contribution is -2.50. The summed E-state index contributed by atoms with van der Waals surface area (Å²) in [6.45, 7) is 0.356. The summed E-state index contributed by atoms with van der Waals surface area (Å²) in [5.74, 6) is 0.294. The van der Waals surface area contributed by atoms with Crippen molar-refractivity contribution >= 4 is 15.7 Å². The van der Waals surface area contributed by atoms with Crippen LogP contribution in [0.15, 0.2) is 0 Å². The van der Waals surface area contributed by atoms with E-state index in [4.69, 9.17) is 0 Å². The van der Waals surface area contributed by atoms with Gasteiger partial charge >= 0.3 is 0 Å². The molecular formula is C14H24N2O4S. The quantitative estimate of drug-likeness (QED) is 0.768. The van der Waals surface area contributed by atoms with Gasteiger partial charge in [-0.25, -0.2) is 8.42 Å². The Balaban J connectivity index is 1.59. The maximum atomic E-state index is 12.4. The van der Waals surface area contributed by atoms with Gasteiger partial charge in [-0.3, -0.25) is 9.69 Å². The first kappa shape index (κ1) is 15.2. The Morgan fingerprint density at radius 2 is 1.86 bits per heavy atom. The Hall–Kier alpha value is -0.660. The van der Waals surface area contributed by atoms with E-state index < -0.39 is 9.84 Å². The van der Waals surface area contributed by atoms with Crippen molar-refractivity contribution in [2.75, 3.05) is 25.1 Å². The van der Waals surface area contributed by atoms with Gasteiger partial charge in [0.1, 0.15) is 0 Å².